The van der Waals surface area contributed by atoms with E-state index in [9.17, 15) is 4.79 Å². The molecule has 3 aliphatic heterocycles. The van der Waals surface area contributed by atoms with Crippen molar-refractivity contribution in [1.29, 1.82) is 0 Å². The number of amides is 1. The molecule has 7 heteroatoms. The molecule has 0 aromatic rings. The van der Waals surface area contributed by atoms with Gasteiger partial charge in [-0.05, 0) is 32.2 Å². The van der Waals surface area contributed by atoms with Crippen LogP contribution in [0.15, 0.2) is 0 Å². The van der Waals surface area contributed by atoms with Crippen LogP contribution in [0.1, 0.15) is 39.0 Å². The third kappa shape index (κ3) is 5.46. The Labute approximate surface area is 159 Å². The van der Waals surface area contributed by atoms with E-state index in [0.29, 0.717) is 30.5 Å². The molecule has 142 valence electrons. The van der Waals surface area contributed by atoms with Gasteiger partial charge in [-0.15, -0.1) is 24.8 Å². The number of fused-ring (bicyclic) bond motifs is 2. The number of hydrogen-bond donors (Lipinski definition) is 1. The van der Waals surface area contributed by atoms with Gasteiger partial charge in [0.15, 0.2) is 0 Å². The van der Waals surface area contributed by atoms with Gasteiger partial charge >= 0.3 is 0 Å². The number of hydrogen-bond acceptors (Lipinski definition) is 4. The van der Waals surface area contributed by atoms with Crippen molar-refractivity contribution >= 4 is 30.7 Å². The summed E-state index contributed by atoms with van der Waals surface area (Å²) in [6, 6.07) is 1.77. The third-order valence-corrected chi connectivity index (χ3v) is 5.94. The van der Waals surface area contributed by atoms with Gasteiger partial charge in [0.05, 0.1) is 0 Å². The van der Waals surface area contributed by atoms with Gasteiger partial charge in [0.25, 0.3) is 0 Å². The highest BCUT2D eigenvalue weighted by atomic mass is 35.5. The van der Waals surface area contributed by atoms with E-state index in [1.807, 2.05) is 7.05 Å². The van der Waals surface area contributed by atoms with Gasteiger partial charge in [0.2, 0.25) is 5.91 Å². The second-order valence-electron chi connectivity index (χ2n) is 7.29. The number of piperidine rings is 1. The van der Waals surface area contributed by atoms with Crippen molar-refractivity contribution in [2.24, 2.45) is 0 Å². The lowest BCUT2D eigenvalue weighted by Gasteiger charge is -2.37. The number of likely N-dealkylation sites (N-methyl/N-ethyl adjacent to an activating group) is 1. The Balaban J connectivity index is 0.00000144. The molecule has 2 atom stereocenters. The van der Waals surface area contributed by atoms with Crippen LogP contribution in [-0.2, 0) is 4.79 Å². The van der Waals surface area contributed by atoms with Crippen LogP contribution >= 0.6 is 24.8 Å². The average Bonchev–Trinajstić information content (AvgIpc) is 2.90. The molecule has 1 N–H and O–H groups in total. The lowest BCUT2D eigenvalue weighted by Crippen LogP contribution is -2.50. The maximum atomic E-state index is 12.5. The number of carbonyl (C=O) groups is 1. The zero-order chi connectivity index (χ0) is 15.5. The molecule has 0 aliphatic carbocycles. The molecule has 3 saturated heterocycles. The first-order valence-electron chi connectivity index (χ1n) is 9.12. The summed E-state index contributed by atoms with van der Waals surface area (Å²) < 4.78 is 0. The summed E-state index contributed by atoms with van der Waals surface area (Å²) >= 11 is 0. The van der Waals surface area contributed by atoms with Crippen molar-refractivity contribution in [2.45, 2.75) is 57.2 Å². The van der Waals surface area contributed by atoms with Gasteiger partial charge in [-0.1, -0.05) is 6.92 Å². The Bertz CT molecular complexity index is 379. The third-order valence-electron chi connectivity index (χ3n) is 5.94. The largest absolute Gasteiger partial charge is 0.343 e. The fourth-order valence-corrected chi connectivity index (χ4v) is 4.31. The molecular weight excluding hydrogens is 347 g/mol. The summed E-state index contributed by atoms with van der Waals surface area (Å²) in [7, 11) is 2.02. The Morgan fingerprint density at radius 3 is 2.12 bits per heavy atom. The standard InChI is InChI=1S/C17H32N4O.2ClH/c1-3-20-8-10-21(11-9-20)7-6-17(22)19(2)16-12-14-4-5-15(13-16)18-14;;/h14-16,18H,3-13H2,1-2H3;2*1H. The van der Waals surface area contributed by atoms with E-state index in [1.165, 1.54) is 12.8 Å². The predicted molar refractivity (Wildman–Crippen MR) is 103 cm³/mol. The van der Waals surface area contributed by atoms with E-state index in [1.54, 1.807) is 0 Å². The van der Waals surface area contributed by atoms with Gasteiger partial charge in [-0.2, -0.15) is 0 Å². The molecule has 2 unspecified atom stereocenters. The summed E-state index contributed by atoms with van der Waals surface area (Å²) in [6.07, 6.45) is 5.57. The summed E-state index contributed by atoms with van der Waals surface area (Å²) in [4.78, 5) is 19.5. The van der Waals surface area contributed by atoms with Crippen molar-refractivity contribution in [1.82, 2.24) is 20.0 Å². The Kier molecular flexibility index (Phi) is 9.31. The molecule has 2 bridgehead atoms. The first-order valence-corrected chi connectivity index (χ1v) is 9.12. The number of nitrogens with zero attached hydrogens (tertiary/aromatic N) is 3. The highest BCUT2D eigenvalue weighted by molar-refractivity contribution is 5.85. The van der Waals surface area contributed by atoms with Crippen molar-refractivity contribution in [2.75, 3.05) is 46.3 Å². The Morgan fingerprint density at radius 1 is 1.04 bits per heavy atom. The van der Waals surface area contributed by atoms with E-state index in [4.69, 9.17) is 0 Å². The number of carbonyl (C=O) groups excluding carboxylic acids is 1. The van der Waals surface area contributed by atoms with E-state index >= 15 is 0 Å². The fourth-order valence-electron chi connectivity index (χ4n) is 4.31. The number of piperazine rings is 1. The summed E-state index contributed by atoms with van der Waals surface area (Å²) in [5, 5.41) is 3.66. The molecule has 3 heterocycles. The quantitative estimate of drug-likeness (QED) is 0.785. The molecule has 0 saturated carbocycles. The maximum absolute atomic E-state index is 12.5. The van der Waals surface area contributed by atoms with Crippen LogP contribution in [0.5, 0.6) is 0 Å². The summed E-state index contributed by atoms with van der Waals surface area (Å²) in [6.45, 7) is 8.83. The first kappa shape index (κ1) is 22.0. The smallest absolute Gasteiger partial charge is 0.223 e. The van der Waals surface area contributed by atoms with E-state index in [0.717, 1.165) is 52.1 Å². The maximum Gasteiger partial charge on any atom is 0.223 e. The Morgan fingerprint density at radius 2 is 1.58 bits per heavy atom. The molecule has 1 amide bonds. The molecule has 24 heavy (non-hydrogen) atoms. The minimum Gasteiger partial charge on any atom is -0.343 e. The van der Waals surface area contributed by atoms with Gasteiger partial charge in [0.1, 0.15) is 0 Å². The molecule has 0 aromatic carbocycles. The van der Waals surface area contributed by atoms with Gasteiger partial charge in [0, 0.05) is 64.3 Å². The van der Waals surface area contributed by atoms with E-state index in [-0.39, 0.29) is 24.8 Å². The molecule has 3 fully saturated rings. The highest BCUT2D eigenvalue weighted by Crippen LogP contribution is 2.29. The molecule has 0 radical (unpaired) electrons. The monoisotopic (exact) mass is 380 g/mol. The molecule has 0 spiro atoms. The second kappa shape index (κ2) is 10.2. The number of nitrogens with one attached hydrogen (secondary N) is 1. The average molecular weight is 381 g/mol. The Hall–Kier alpha value is -0.0700. The molecule has 0 aromatic heterocycles. The van der Waals surface area contributed by atoms with Crippen molar-refractivity contribution in [3.63, 3.8) is 0 Å². The van der Waals surface area contributed by atoms with Crippen LogP contribution in [0, 0.1) is 0 Å². The van der Waals surface area contributed by atoms with Crippen LogP contribution < -0.4 is 5.32 Å². The zero-order valence-electron chi connectivity index (χ0n) is 15.1. The van der Waals surface area contributed by atoms with Crippen molar-refractivity contribution < 1.29 is 4.79 Å². The summed E-state index contributed by atoms with van der Waals surface area (Å²) in [5.41, 5.74) is 0. The minimum absolute atomic E-state index is 0. The fraction of sp³-hybridized carbons (Fsp3) is 0.941. The van der Waals surface area contributed by atoms with Crippen molar-refractivity contribution in [3.8, 4) is 0 Å². The van der Waals surface area contributed by atoms with Crippen LogP contribution in [0.3, 0.4) is 0 Å². The summed E-state index contributed by atoms with van der Waals surface area (Å²) in [5.74, 6) is 0.337. The van der Waals surface area contributed by atoms with Gasteiger partial charge < -0.3 is 20.0 Å². The topological polar surface area (TPSA) is 38.8 Å². The number of rotatable bonds is 5. The number of halogens is 2. The lowest BCUT2D eigenvalue weighted by molar-refractivity contribution is -0.133. The predicted octanol–water partition coefficient (Wildman–Crippen LogP) is 1.60. The molecule has 3 rings (SSSR count). The lowest BCUT2D eigenvalue weighted by atomic mass is 9.98. The van der Waals surface area contributed by atoms with E-state index in [2.05, 4.69) is 26.9 Å². The first-order chi connectivity index (χ1) is 10.7. The molecular formula is C17H34Cl2N4O. The minimum atomic E-state index is 0. The SMILES string of the molecule is CCN1CCN(CCC(=O)N(C)C2CC3CCC(C2)N3)CC1.Cl.Cl. The van der Waals surface area contributed by atoms with Crippen molar-refractivity contribution in [3.05, 3.63) is 0 Å². The van der Waals surface area contributed by atoms with Crippen LogP contribution in [0.4, 0.5) is 0 Å². The molecule has 3 aliphatic rings. The van der Waals surface area contributed by atoms with Crippen LogP contribution in [0.25, 0.3) is 0 Å². The van der Waals surface area contributed by atoms with Gasteiger partial charge in [-0.25, -0.2) is 0 Å². The highest BCUT2D eigenvalue weighted by Gasteiger charge is 2.36. The molecule has 5 nitrogen and oxygen atoms in total. The van der Waals surface area contributed by atoms with Gasteiger partial charge in [-0.3, -0.25) is 4.79 Å². The normalized spacial score (nSPS) is 30.3. The van der Waals surface area contributed by atoms with E-state index < -0.39 is 0 Å². The second-order valence-corrected chi connectivity index (χ2v) is 7.29. The van der Waals surface area contributed by atoms with Crippen LogP contribution in [0.2, 0.25) is 0 Å². The van der Waals surface area contributed by atoms with Crippen LogP contribution in [-0.4, -0.2) is 85.0 Å². The zero-order valence-corrected chi connectivity index (χ0v) is 16.7.